The first-order chi connectivity index (χ1) is 10.0. The van der Waals surface area contributed by atoms with Gasteiger partial charge < -0.3 is 5.11 Å². The number of phenols is 1. The second kappa shape index (κ2) is 6.63. The van der Waals surface area contributed by atoms with Crippen LogP contribution in [-0.4, -0.2) is 13.5 Å². The molecule has 2 rings (SSSR count). The summed E-state index contributed by atoms with van der Waals surface area (Å²) in [5.41, 5.74) is 1.56. The number of rotatable bonds is 6. The van der Waals surface area contributed by atoms with Gasteiger partial charge in [0, 0.05) is 5.69 Å². The van der Waals surface area contributed by atoms with Crippen LogP contribution in [0.15, 0.2) is 53.4 Å². The van der Waals surface area contributed by atoms with E-state index in [9.17, 15) is 13.5 Å². The van der Waals surface area contributed by atoms with Crippen LogP contribution in [0.4, 0.5) is 5.69 Å². The molecule has 0 aromatic heterocycles. The number of unbranched alkanes of at least 4 members (excludes halogenated alkanes) is 1. The lowest BCUT2D eigenvalue weighted by atomic mass is 10.1. The second-order valence-electron chi connectivity index (χ2n) is 4.90. The Hall–Kier alpha value is -2.01. The normalized spacial score (nSPS) is 11.3. The minimum Gasteiger partial charge on any atom is -0.508 e. The minimum atomic E-state index is -3.60. The lowest BCUT2D eigenvalue weighted by molar-refractivity contribution is 0.475. The Bertz CT molecular complexity index is 676. The van der Waals surface area contributed by atoms with Gasteiger partial charge >= 0.3 is 0 Å². The van der Waals surface area contributed by atoms with Crippen molar-refractivity contribution in [2.24, 2.45) is 0 Å². The third kappa shape index (κ3) is 4.23. The molecule has 5 heteroatoms. The fourth-order valence-electron chi connectivity index (χ4n) is 1.96. The van der Waals surface area contributed by atoms with E-state index in [-0.39, 0.29) is 10.6 Å². The van der Waals surface area contributed by atoms with E-state index in [1.54, 1.807) is 12.1 Å². The first-order valence-electron chi connectivity index (χ1n) is 6.92. The summed E-state index contributed by atoms with van der Waals surface area (Å²) in [5, 5.41) is 9.20. The zero-order chi connectivity index (χ0) is 15.3. The second-order valence-corrected chi connectivity index (χ2v) is 6.58. The van der Waals surface area contributed by atoms with Gasteiger partial charge in [-0.15, -0.1) is 0 Å². The zero-order valence-corrected chi connectivity index (χ0v) is 12.7. The van der Waals surface area contributed by atoms with E-state index in [2.05, 4.69) is 11.6 Å². The van der Waals surface area contributed by atoms with Crippen molar-refractivity contribution in [2.75, 3.05) is 4.72 Å². The Morgan fingerprint density at radius 1 is 1.00 bits per heavy atom. The standard InChI is InChI=1S/C16H19NO3S/c1-2-3-4-13-5-11-16(12-6-13)21(19,20)17-14-7-9-15(18)10-8-14/h5-12,17-18H,2-4H2,1H3. The van der Waals surface area contributed by atoms with Crippen molar-refractivity contribution < 1.29 is 13.5 Å². The van der Waals surface area contributed by atoms with Crippen LogP contribution < -0.4 is 4.72 Å². The molecule has 4 nitrogen and oxygen atoms in total. The van der Waals surface area contributed by atoms with Gasteiger partial charge in [-0.1, -0.05) is 25.5 Å². The molecule has 0 bridgehead atoms. The van der Waals surface area contributed by atoms with Crippen LogP contribution in [0.3, 0.4) is 0 Å². The summed E-state index contributed by atoms with van der Waals surface area (Å²) < 4.78 is 27.0. The SMILES string of the molecule is CCCCc1ccc(S(=O)(=O)Nc2ccc(O)cc2)cc1. The fourth-order valence-corrected chi connectivity index (χ4v) is 3.02. The lowest BCUT2D eigenvalue weighted by Gasteiger charge is -2.09. The van der Waals surface area contributed by atoms with Gasteiger partial charge in [0.15, 0.2) is 0 Å². The molecule has 0 aliphatic rings. The van der Waals surface area contributed by atoms with Crippen molar-refractivity contribution in [3.05, 3.63) is 54.1 Å². The molecule has 0 fully saturated rings. The summed E-state index contributed by atoms with van der Waals surface area (Å²) in [6.07, 6.45) is 3.17. The molecular weight excluding hydrogens is 286 g/mol. The molecule has 2 N–H and O–H groups in total. The van der Waals surface area contributed by atoms with Crippen LogP contribution >= 0.6 is 0 Å². The average Bonchev–Trinajstić information content (AvgIpc) is 2.48. The van der Waals surface area contributed by atoms with E-state index in [4.69, 9.17) is 0 Å². The van der Waals surface area contributed by atoms with Crippen LogP contribution in [-0.2, 0) is 16.4 Å². The Morgan fingerprint density at radius 2 is 1.62 bits per heavy atom. The summed E-state index contributed by atoms with van der Waals surface area (Å²) in [6.45, 7) is 2.13. The third-order valence-electron chi connectivity index (χ3n) is 3.17. The molecule has 0 atom stereocenters. The molecule has 0 saturated carbocycles. The van der Waals surface area contributed by atoms with Crippen LogP contribution in [0.2, 0.25) is 0 Å². The molecule has 21 heavy (non-hydrogen) atoms. The average molecular weight is 305 g/mol. The van der Waals surface area contributed by atoms with Crippen LogP contribution in [0, 0.1) is 0 Å². The molecule has 0 aliphatic carbocycles. The quantitative estimate of drug-likeness (QED) is 0.802. The number of benzene rings is 2. The summed E-state index contributed by atoms with van der Waals surface area (Å²) >= 11 is 0. The first kappa shape index (κ1) is 15.4. The van der Waals surface area contributed by atoms with Crippen LogP contribution in [0.5, 0.6) is 5.75 Å². The summed E-state index contributed by atoms with van der Waals surface area (Å²) in [7, 11) is -3.60. The van der Waals surface area contributed by atoms with E-state index < -0.39 is 10.0 Å². The third-order valence-corrected chi connectivity index (χ3v) is 4.57. The van der Waals surface area contributed by atoms with Crippen molar-refractivity contribution in [1.82, 2.24) is 0 Å². The van der Waals surface area contributed by atoms with Gasteiger partial charge in [-0.2, -0.15) is 0 Å². The number of phenolic OH excluding ortho intramolecular Hbond substituents is 1. The van der Waals surface area contributed by atoms with Crippen molar-refractivity contribution in [3.63, 3.8) is 0 Å². The maximum atomic E-state index is 12.2. The highest BCUT2D eigenvalue weighted by Crippen LogP contribution is 2.19. The van der Waals surface area contributed by atoms with Gasteiger partial charge in [0.1, 0.15) is 5.75 Å². The number of hydrogen-bond donors (Lipinski definition) is 2. The Morgan fingerprint density at radius 3 is 2.19 bits per heavy atom. The van der Waals surface area contributed by atoms with Gasteiger partial charge in [-0.25, -0.2) is 8.42 Å². The molecular formula is C16H19NO3S. The van der Waals surface area contributed by atoms with E-state index in [1.165, 1.54) is 24.3 Å². The largest absolute Gasteiger partial charge is 0.508 e. The lowest BCUT2D eigenvalue weighted by Crippen LogP contribution is -2.12. The van der Waals surface area contributed by atoms with Crippen molar-refractivity contribution in [2.45, 2.75) is 31.1 Å². The molecule has 0 heterocycles. The Labute approximate surface area is 125 Å². The monoisotopic (exact) mass is 305 g/mol. The van der Waals surface area contributed by atoms with E-state index in [0.717, 1.165) is 24.8 Å². The van der Waals surface area contributed by atoms with Gasteiger partial charge in [-0.3, -0.25) is 4.72 Å². The Balaban J connectivity index is 2.13. The highest BCUT2D eigenvalue weighted by Gasteiger charge is 2.13. The number of anilines is 1. The predicted molar refractivity (Wildman–Crippen MR) is 84.0 cm³/mol. The number of aromatic hydroxyl groups is 1. The first-order valence-corrected chi connectivity index (χ1v) is 8.40. The molecule has 0 amide bonds. The van der Waals surface area contributed by atoms with Crippen LogP contribution in [0.1, 0.15) is 25.3 Å². The number of nitrogens with one attached hydrogen (secondary N) is 1. The maximum Gasteiger partial charge on any atom is 0.261 e. The topological polar surface area (TPSA) is 66.4 Å². The highest BCUT2D eigenvalue weighted by molar-refractivity contribution is 7.92. The molecule has 0 radical (unpaired) electrons. The molecule has 2 aromatic carbocycles. The highest BCUT2D eigenvalue weighted by atomic mass is 32.2. The number of hydrogen-bond acceptors (Lipinski definition) is 3. The van der Waals surface area contributed by atoms with Gasteiger partial charge in [-0.05, 0) is 54.8 Å². The zero-order valence-electron chi connectivity index (χ0n) is 11.9. The van der Waals surface area contributed by atoms with E-state index >= 15 is 0 Å². The predicted octanol–water partition coefficient (Wildman–Crippen LogP) is 3.54. The van der Waals surface area contributed by atoms with Crippen molar-refractivity contribution >= 4 is 15.7 Å². The molecule has 0 spiro atoms. The van der Waals surface area contributed by atoms with Gasteiger partial charge in [0.25, 0.3) is 10.0 Å². The molecule has 2 aromatic rings. The van der Waals surface area contributed by atoms with Gasteiger partial charge in [0.05, 0.1) is 4.90 Å². The molecule has 112 valence electrons. The summed E-state index contributed by atoms with van der Waals surface area (Å²) in [6, 6.07) is 12.8. The summed E-state index contributed by atoms with van der Waals surface area (Å²) in [5.74, 6) is 0.0956. The van der Waals surface area contributed by atoms with Gasteiger partial charge in [0.2, 0.25) is 0 Å². The molecule has 0 aliphatic heterocycles. The Kier molecular flexibility index (Phi) is 4.85. The maximum absolute atomic E-state index is 12.2. The number of sulfonamides is 1. The summed E-state index contributed by atoms with van der Waals surface area (Å²) in [4.78, 5) is 0.232. The van der Waals surface area contributed by atoms with Crippen LogP contribution in [0.25, 0.3) is 0 Å². The fraction of sp³-hybridized carbons (Fsp3) is 0.250. The van der Waals surface area contributed by atoms with Crippen molar-refractivity contribution in [1.29, 1.82) is 0 Å². The van der Waals surface area contributed by atoms with E-state index in [0.29, 0.717) is 5.69 Å². The molecule has 0 saturated heterocycles. The van der Waals surface area contributed by atoms with Crippen molar-refractivity contribution in [3.8, 4) is 5.75 Å². The number of aryl methyl sites for hydroxylation is 1. The smallest absolute Gasteiger partial charge is 0.261 e. The van der Waals surface area contributed by atoms with E-state index in [1.807, 2.05) is 12.1 Å². The minimum absolute atomic E-state index is 0.0956. The molecule has 0 unspecified atom stereocenters.